The molecule has 2 aliphatic carbocycles. The molecule has 4 rings (SSSR count). The SMILES string of the molecule is N=C(/C(=C\NC1CC(CCCN)C1)c1nccc2cccnc12)C1CC1. The fourth-order valence-corrected chi connectivity index (χ4v) is 3.78. The van der Waals surface area contributed by atoms with Gasteiger partial charge in [0.25, 0.3) is 0 Å². The molecule has 2 aromatic rings. The number of nitrogens with zero attached hydrogens (tertiary/aromatic N) is 2. The summed E-state index contributed by atoms with van der Waals surface area (Å²) in [5, 5.41) is 13.3. The first kappa shape index (κ1) is 17.2. The molecule has 0 unspecified atom stereocenters. The molecule has 0 spiro atoms. The van der Waals surface area contributed by atoms with E-state index < -0.39 is 0 Å². The molecule has 2 saturated carbocycles. The second kappa shape index (κ2) is 7.54. The molecule has 0 saturated heterocycles. The van der Waals surface area contributed by atoms with Crippen LogP contribution in [0.5, 0.6) is 0 Å². The van der Waals surface area contributed by atoms with Crippen LogP contribution >= 0.6 is 0 Å². The summed E-state index contributed by atoms with van der Waals surface area (Å²) in [5.74, 6) is 1.18. The van der Waals surface area contributed by atoms with E-state index in [1.165, 1.54) is 19.3 Å². The summed E-state index contributed by atoms with van der Waals surface area (Å²) >= 11 is 0. The molecule has 5 nitrogen and oxygen atoms in total. The number of hydrogen-bond acceptors (Lipinski definition) is 5. The van der Waals surface area contributed by atoms with Gasteiger partial charge in [0.15, 0.2) is 0 Å². The second-order valence-electron chi connectivity index (χ2n) is 7.61. The van der Waals surface area contributed by atoms with Gasteiger partial charge in [0.05, 0.1) is 11.2 Å². The van der Waals surface area contributed by atoms with Crippen LogP contribution < -0.4 is 11.1 Å². The van der Waals surface area contributed by atoms with E-state index in [9.17, 15) is 0 Å². The monoisotopic (exact) mass is 349 g/mol. The van der Waals surface area contributed by atoms with Crippen LogP contribution in [0.3, 0.4) is 0 Å². The van der Waals surface area contributed by atoms with E-state index in [0.29, 0.717) is 17.7 Å². The van der Waals surface area contributed by atoms with Crippen LogP contribution in [0.2, 0.25) is 0 Å². The van der Waals surface area contributed by atoms with Crippen molar-refractivity contribution in [2.75, 3.05) is 6.54 Å². The standard InChI is InChI=1S/C21H27N5/c22-8-1-3-14-11-17(12-14)26-13-18(19(23)15-5-6-15)21-20-16(7-10-25-21)4-2-9-24-20/h2,4,7,9-10,13-15,17,23,26H,1,3,5-6,8,11-12,22H2/b18-13+,23-19?. The van der Waals surface area contributed by atoms with E-state index in [1.54, 1.807) is 6.20 Å². The smallest absolute Gasteiger partial charge is 0.0997 e. The van der Waals surface area contributed by atoms with Crippen molar-refractivity contribution in [2.24, 2.45) is 17.6 Å². The molecule has 0 amide bonds. The number of allylic oxidation sites excluding steroid dienone is 1. The van der Waals surface area contributed by atoms with Gasteiger partial charge in [-0.1, -0.05) is 6.07 Å². The average molecular weight is 349 g/mol. The number of fused-ring (bicyclic) bond motifs is 1. The summed E-state index contributed by atoms with van der Waals surface area (Å²) in [6, 6.07) is 6.47. The maximum atomic E-state index is 8.64. The first-order chi connectivity index (χ1) is 12.8. The van der Waals surface area contributed by atoms with E-state index in [1.807, 2.05) is 30.6 Å². The van der Waals surface area contributed by atoms with Crippen molar-refractivity contribution in [3.63, 3.8) is 0 Å². The van der Waals surface area contributed by atoms with Gasteiger partial charge >= 0.3 is 0 Å². The summed E-state index contributed by atoms with van der Waals surface area (Å²) < 4.78 is 0. The van der Waals surface area contributed by atoms with Gasteiger partial charge in [0, 0.05) is 47.2 Å². The van der Waals surface area contributed by atoms with Gasteiger partial charge in [-0.3, -0.25) is 9.97 Å². The molecule has 136 valence electrons. The number of rotatable bonds is 8. The molecule has 0 aromatic carbocycles. The van der Waals surface area contributed by atoms with Gasteiger partial charge < -0.3 is 16.5 Å². The van der Waals surface area contributed by atoms with Gasteiger partial charge in [-0.15, -0.1) is 0 Å². The topological polar surface area (TPSA) is 87.7 Å². The highest BCUT2D eigenvalue weighted by Crippen LogP contribution is 2.36. The van der Waals surface area contributed by atoms with Crippen LogP contribution in [-0.4, -0.2) is 28.3 Å². The lowest BCUT2D eigenvalue weighted by Crippen LogP contribution is -2.39. The molecule has 4 N–H and O–H groups in total. The van der Waals surface area contributed by atoms with E-state index in [0.717, 1.165) is 53.9 Å². The predicted molar refractivity (Wildman–Crippen MR) is 106 cm³/mol. The third-order valence-corrected chi connectivity index (χ3v) is 5.57. The Kier molecular flexibility index (Phi) is 4.98. The fraction of sp³-hybridized carbons (Fsp3) is 0.476. The highest BCUT2D eigenvalue weighted by molar-refractivity contribution is 6.25. The number of nitrogens with one attached hydrogen (secondary N) is 2. The Labute approximate surface area is 154 Å². The van der Waals surface area contributed by atoms with E-state index in [4.69, 9.17) is 11.1 Å². The number of pyridine rings is 2. The zero-order valence-electron chi connectivity index (χ0n) is 15.1. The van der Waals surface area contributed by atoms with Gasteiger partial charge in [0.1, 0.15) is 0 Å². The third kappa shape index (κ3) is 3.63. The van der Waals surface area contributed by atoms with Crippen molar-refractivity contribution in [2.45, 2.75) is 44.6 Å². The Hall–Kier alpha value is -2.27. The predicted octanol–water partition coefficient (Wildman–Crippen LogP) is 3.51. The number of hydrogen-bond donors (Lipinski definition) is 3. The van der Waals surface area contributed by atoms with Gasteiger partial charge in [-0.25, -0.2) is 0 Å². The minimum absolute atomic E-state index is 0.377. The Morgan fingerprint density at radius 3 is 2.85 bits per heavy atom. The van der Waals surface area contributed by atoms with Crippen molar-refractivity contribution in [1.29, 1.82) is 5.41 Å². The minimum atomic E-state index is 0.377. The van der Waals surface area contributed by atoms with Crippen molar-refractivity contribution < 1.29 is 0 Å². The Balaban J connectivity index is 1.54. The highest BCUT2D eigenvalue weighted by atomic mass is 14.9. The summed E-state index contributed by atoms with van der Waals surface area (Å²) in [7, 11) is 0. The first-order valence-corrected chi connectivity index (χ1v) is 9.71. The van der Waals surface area contributed by atoms with Crippen LogP contribution in [-0.2, 0) is 0 Å². The van der Waals surface area contributed by atoms with Crippen molar-refractivity contribution in [1.82, 2.24) is 15.3 Å². The molecule has 5 heteroatoms. The van der Waals surface area contributed by atoms with Crippen LogP contribution in [0.4, 0.5) is 0 Å². The molecule has 0 bridgehead atoms. The largest absolute Gasteiger partial charge is 0.388 e. The van der Waals surface area contributed by atoms with E-state index in [-0.39, 0.29) is 0 Å². The quantitative estimate of drug-likeness (QED) is 0.636. The first-order valence-electron chi connectivity index (χ1n) is 9.71. The second-order valence-corrected chi connectivity index (χ2v) is 7.61. The minimum Gasteiger partial charge on any atom is -0.388 e. The molecule has 2 fully saturated rings. The van der Waals surface area contributed by atoms with E-state index in [2.05, 4.69) is 15.3 Å². The zero-order valence-corrected chi connectivity index (χ0v) is 15.1. The summed E-state index contributed by atoms with van der Waals surface area (Å²) in [6.07, 6.45) is 12.6. The Morgan fingerprint density at radius 2 is 2.08 bits per heavy atom. The lowest BCUT2D eigenvalue weighted by Gasteiger charge is -2.36. The highest BCUT2D eigenvalue weighted by Gasteiger charge is 2.31. The molecule has 2 aromatic heterocycles. The fourth-order valence-electron chi connectivity index (χ4n) is 3.78. The lowest BCUT2D eigenvalue weighted by molar-refractivity contribution is 0.223. The Morgan fingerprint density at radius 1 is 1.23 bits per heavy atom. The normalized spacial score (nSPS) is 22.9. The van der Waals surface area contributed by atoms with Crippen LogP contribution in [0.15, 0.2) is 36.8 Å². The van der Waals surface area contributed by atoms with Crippen LogP contribution in [0.1, 0.15) is 44.2 Å². The van der Waals surface area contributed by atoms with Crippen LogP contribution in [0, 0.1) is 17.2 Å². The molecule has 0 radical (unpaired) electrons. The molecule has 0 aliphatic heterocycles. The number of aromatic nitrogens is 2. The third-order valence-electron chi connectivity index (χ3n) is 5.57. The zero-order chi connectivity index (χ0) is 17.9. The maximum Gasteiger partial charge on any atom is 0.0997 e. The average Bonchev–Trinajstić information content (AvgIpc) is 3.47. The molecular formula is C21H27N5. The molecule has 2 aliphatic rings. The Bertz CT molecular complexity index is 813. The lowest BCUT2D eigenvalue weighted by atomic mass is 9.77. The van der Waals surface area contributed by atoms with Gasteiger partial charge in [-0.05, 0) is 63.1 Å². The molecule has 26 heavy (non-hydrogen) atoms. The summed E-state index contributed by atoms with van der Waals surface area (Å²) in [5.41, 5.74) is 8.91. The molecule has 0 atom stereocenters. The summed E-state index contributed by atoms with van der Waals surface area (Å²) in [6.45, 7) is 0.789. The van der Waals surface area contributed by atoms with Gasteiger partial charge in [-0.2, -0.15) is 0 Å². The number of nitrogens with two attached hydrogens (primary N) is 1. The van der Waals surface area contributed by atoms with Crippen molar-refractivity contribution in [3.05, 3.63) is 42.5 Å². The molecular weight excluding hydrogens is 322 g/mol. The van der Waals surface area contributed by atoms with Crippen molar-refractivity contribution >= 4 is 22.2 Å². The van der Waals surface area contributed by atoms with Gasteiger partial charge in [0.2, 0.25) is 0 Å². The molecule has 2 heterocycles. The van der Waals surface area contributed by atoms with Crippen molar-refractivity contribution in [3.8, 4) is 0 Å². The maximum absolute atomic E-state index is 8.64. The summed E-state index contributed by atoms with van der Waals surface area (Å²) in [4.78, 5) is 9.12. The van der Waals surface area contributed by atoms with Crippen LogP contribution in [0.25, 0.3) is 16.5 Å². The van der Waals surface area contributed by atoms with E-state index >= 15 is 0 Å².